The van der Waals surface area contributed by atoms with Crippen molar-refractivity contribution in [2.45, 2.75) is 37.8 Å². The number of fused-ring (bicyclic) bond motifs is 1. The molecule has 8 nitrogen and oxygen atoms in total. The van der Waals surface area contributed by atoms with E-state index in [-0.39, 0.29) is 11.3 Å². The summed E-state index contributed by atoms with van der Waals surface area (Å²) in [6.07, 6.45) is 2.09. The van der Waals surface area contributed by atoms with Crippen molar-refractivity contribution in [3.63, 3.8) is 0 Å². The van der Waals surface area contributed by atoms with Crippen LogP contribution in [-0.2, 0) is 13.0 Å². The molecule has 0 radical (unpaired) electrons. The summed E-state index contributed by atoms with van der Waals surface area (Å²) in [6, 6.07) is 19.9. The van der Waals surface area contributed by atoms with Crippen LogP contribution in [0.15, 0.2) is 71.5 Å². The maximum Gasteiger partial charge on any atom is 0.248 e. The van der Waals surface area contributed by atoms with Gasteiger partial charge in [-0.2, -0.15) is 0 Å². The first-order chi connectivity index (χ1) is 19.4. The second-order valence-corrected chi connectivity index (χ2v) is 10.6. The molecule has 210 valence electrons. The highest BCUT2D eigenvalue weighted by Gasteiger charge is 2.21. The van der Waals surface area contributed by atoms with Crippen molar-refractivity contribution >= 4 is 10.9 Å². The molecule has 2 heterocycles. The van der Waals surface area contributed by atoms with Gasteiger partial charge in [-0.25, -0.2) is 0 Å². The highest BCUT2D eigenvalue weighted by molar-refractivity contribution is 5.87. The minimum Gasteiger partial charge on any atom is -0.508 e. The smallest absolute Gasteiger partial charge is 0.248 e. The lowest BCUT2D eigenvalue weighted by Gasteiger charge is -2.29. The van der Waals surface area contributed by atoms with E-state index in [9.17, 15) is 20.1 Å². The van der Waals surface area contributed by atoms with Gasteiger partial charge < -0.3 is 35.3 Å². The Morgan fingerprint density at radius 1 is 0.975 bits per heavy atom. The first-order valence-corrected chi connectivity index (χ1v) is 13.8. The monoisotopic (exact) mass is 543 g/mol. The molecule has 1 aliphatic heterocycles. The van der Waals surface area contributed by atoms with Gasteiger partial charge in [-0.1, -0.05) is 30.3 Å². The van der Waals surface area contributed by atoms with E-state index in [4.69, 9.17) is 4.74 Å². The molecule has 0 saturated carbocycles. The number of aromatic hydroxyl groups is 2. The number of hydrogen-bond acceptors (Lipinski definition) is 7. The van der Waals surface area contributed by atoms with E-state index in [1.54, 1.807) is 12.1 Å². The third kappa shape index (κ3) is 6.65. The van der Waals surface area contributed by atoms with E-state index in [0.717, 1.165) is 49.2 Å². The minimum atomic E-state index is -0.809. The Labute approximate surface area is 233 Å². The SMILES string of the molecule is CN1CCC(c2cc(CCOc3ccc(CNC[C@H](O)c4ccc(O)c5[nH]c(=O)ccc45)cc3)ccc2O)CC1. The number of aliphatic hydroxyl groups is 1. The van der Waals surface area contributed by atoms with E-state index in [1.165, 1.54) is 17.7 Å². The number of phenolic OH excluding ortho intramolecular Hbond substituents is 2. The molecule has 0 unspecified atom stereocenters. The molecule has 1 aliphatic rings. The van der Waals surface area contributed by atoms with Crippen LogP contribution in [0.1, 0.15) is 47.1 Å². The molecule has 0 spiro atoms. The summed E-state index contributed by atoms with van der Waals surface area (Å²) in [5.41, 5.74) is 3.92. The predicted octanol–water partition coefficient (Wildman–Crippen LogP) is 4.19. The Kier molecular flexibility index (Phi) is 8.69. The Morgan fingerprint density at radius 3 is 2.48 bits per heavy atom. The molecule has 4 aromatic rings. The number of aromatic amines is 1. The van der Waals surface area contributed by atoms with Crippen LogP contribution < -0.4 is 15.6 Å². The fourth-order valence-corrected chi connectivity index (χ4v) is 5.41. The number of ether oxygens (including phenoxy) is 1. The fourth-order valence-electron chi connectivity index (χ4n) is 5.41. The molecule has 5 N–H and O–H groups in total. The van der Waals surface area contributed by atoms with E-state index < -0.39 is 6.10 Å². The Bertz CT molecular complexity index is 1490. The molecule has 8 heteroatoms. The first-order valence-electron chi connectivity index (χ1n) is 13.8. The van der Waals surface area contributed by atoms with Crippen LogP contribution in [0.2, 0.25) is 0 Å². The highest BCUT2D eigenvalue weighted by atomic mass is 16.5. The summed E-state index contributed by atoms with van der Waals surface area (Å²) in [6.45, 7) is 3.54. The number of likely N-dealkylation sites (tertiary alicyclic amines) is 1. The zero-order chi connectivity index (χ0) is 28.1. The Morgan fingerprint density at radius 2 is 1.70 bits per heavy atom. The second-order valence-electron chi connectivity index (χ2n) is 10.6. The van der Waals surface area contributed by atoms with Gasteiger partial charge in [-0.3, -0.25) is 4.79 Å². The van der Waals surface area contributed by atoms with E-state index >= 15 is 0 Å². The lowest BCUT2D eigenvalue weighted by atomic mass is 9.88. The molecule has 0 amide bonds. The number of aliphatic hydroxyl groups excluding tert-OH is 1. The van der Waals surface area contributed by atoms with Gasteiger partial charge in [0.05, 0.1) is 18.2 Å². The van der Waals surface area contributed by atoms with Crippen LogP contribution in [0.3, 0.4) is 0 Å². The molecule has 1 atom stereocenters. The average Bonchev–Trinajstić information content (AvgIpc) is 2.96. The quantitative estimate of drug-likeness (QED) is 0.204. The van der Waals surface area contributed by atoms with Crippen molar-refractivity contribution in [3.8, 4) is 17.2 Å². The van der Waals surface area contributed by atoms with Gasteiger partial charge >= 0.3 is 0 Å². The third-order valence-corrected chi connectivity index (χ3v) is 7.77. The number of phenols is 2. The van der Waals surface area contributed by atoms with Gasteiger partial charge in [-0.15, -0.1) is 0 Å². The number of aromatic nitrogens is 1. The number of nitrogens with one attached hydrogen (secondary N) is 2. The van der Waals surface area contributed by atoms with Crippen LogP contribution in [-0.4, -0.2) is 58.5 Å². The molecular weight excluding hydrogens is 506 g/mol. The lowest BCUT2D eigenvalue weighted by Crippen LogP contribution is -2.29. The standard InChI is InChI=1S/C32H37N3O5/c1-35-15-12-23(13-16-35)27-18-21(4-9-28(27)36)14-17-40-24-5-2-22(3-6-24)19-33-20-30(38)25-7-10-29(37)32-26(25)8-11-31(39)34-32/h2-11,18,23,30,33,36-38H,12-17,19-20H2,1H3,(H,34,39)/t30-/m0/s1. The maximum atomic E-state index is 11.6. The molecule has 0 aliphatic carbocycles. The van der Waals surface area contributed by atoms with Crippen LogP contribution in [0.5, 0.6) is 17.2 Å². The number of hydrogen-bond donors (Lipinski definition) is 5. The molecule has 1 saturated heterocycles. The number of benzene rings is 3. The van der Waals surface area contributed by atoms with Gasteiger partial charge in [0.15, 0.2) is 0 Å². The Balaban J connectivity index is 1.09. The number of piperidine rings is 1. The van der Waals surface area contributed by atoms with Crippen molar-refractivity contribution in [1.82, 2.24) is 15.2 Å². The van der Waals surface area contributed by atoms with Gasteiger partial charge in [0.25, 0.3) is 0 Å². The molecule has 40 heavy (non-hydrogen) atoms. The van der Waals surface area contributed by atoms with Gasteiger partial charge in [0.1, 0.15) is 17.2 Å². The van der Waals surface area contributed by atoms with Crippen LogP contribution in [0.4, 0.5) is 0 Å². The van der Waals surface area contributed by atoms with Crippen LogP contribution in [0, 0.1) is 0 Å². The summed E-state index contributed by atoms with van der Waals surface area (Å²) in [7, 11) is 2.14. The van der Waals surface area contributed by atoms with E-state index in [2.05, 4.69) is 28.3 Å². The van der Waals surface area contributed by atoms with Crippen molar-refractivity contribution in [2.24, 2.45) is 0 Å². The zero-order valence-corrected chi connectivity index (χ0v) is 22.8. The number of H-pyrrole nitrogens is 1. The van der Waals surface area contributed by atoms with Crippen LogP contribution in [0.25, 0.3) is 10.9 Å². The number of pyridine rings is 1. The number of nitrogens with zero attached hydrogens (tertiary/aromatic N) is 1. The molecule has 5 rings (SSSR count). The summed E-state index contributed by atoms with van der Waals surface area (Å²) in [5, 5.41) is 35.1. The normalized spacial score (nSPS) is 15.3. The summed E-state index contributed by atoms with van der Waals surface area (Å²) in [5.74, 6) is 1.57. The first kappa shape index (κ1) is 27.7. The molecule has 0 bridgehead atoms. The van der Waals surface area contributed by atoms with E-state index in [1.807, 2.05) is 36.4 Å². The van der Waals surface area contributed by atoms with Gasteiger partial charge in [0.2, 0.25) is 5.56 Å². The topological polar surface area (TPSA) is 118 Å². The van der Waals surface area contributed by atoms with Gasteiger partial charge in [-0.05, 0) is 91.5 Å². The molecule has 1 fully saturated rings. The minimum absolute atomic E-state index is 0.0283. The maximum absolute atomic E-state index is 11.6. The third-order valence-electron chi connectivity index (χ3n) is 7.77. The summed E-state index contributed by atoms with van der Waals surface area (Å²) < 4.78 is 5.98. The van der Waals surface area contributed by atoms with Crippen molar-refractivity contribution in [3.05, 3.63) is 99.3 Å². The summed E-state index contributed by atoms with van der Waals surface area (Å²) in [4.78, 5) is 16.6. The largest absolute Gasteiger partial charge is 0.508 e. The highest BCUT2D eigenvalue weighted by Crippen LogP contribution is 2.34. The van der Waals surface area contributed by atoms with Crippen molar-refractivity contribution in [1.29, 1.82) is 0 Å². The molecule has 3 aromatic carbocycles. The fraction of sp³-hybridized carbons (Fsp3) is 0.344. The van der Waals surface area contributed by atoms with Crippen LogP contribution >= 0.6 is 0 Å². The predicted molar refractivity (Wildman–Crippen MR) is 156 cm³/mol. The Hall–Kier alpha value is -3.85. The second kappa shape index (κ2) is 12.6. The molecule has 1 aromatic heterocycles. The van der Waals surface area contributed by atoms with Gasteiger partial charge in [0, 0.05) is 31.0 Å². The molecular formula is C32H37N3O5. The van der Waals surface area contributed by atoms with Crippen molar-refractivity contribution in [2.75, 3.05) is 33.3 Å². The number of rotatable bonds is 10. The lowest BCUT2D eigenvalue weighted by molar-refractivity contribution is 0.176. The summed E-state index contributed by atoms with van der Waals surface area (Å²) >= 11 is 0. The zero-order valence-electron chi connectivity index (χ0n) is 22.8. The average molecular weight is 544 g/mol. The van der Waals surface area contributed by atoms with Crippen molar-refractivity contribution < 1.29 is 20.1 Å². The van der Waals surface area contributed by atoms with E-state index in [0.29, 0.717) is 47.8 Å².